The maximum atomic E-state index is 3.62. The molecule has 0 aliphatic carbocycles. The van der Waals surface area contributed by atoms with Crippen LogP contribution in [0.25, 0.3) is 0 Å². The fourth-order valence-corrected chi connectivity index (χ4v) is 3.83. The number of hydrogen-bond acceptors (Lipinski definition) is 2. The van der Waals surface area contributed by atoms with Crippen LogP contribution in [0.15, 0.2) is 44.0 Å². The number of halogens is 2. The third-order valence-corrected chi connectivity index (χ3v) is 5.10. The van der Waals surface area contributed by atoms with Crippen molar-refractivity contribution in [2.75, 3.05) is 6.54 Å². The van der Waals surface area contributed by atoms with Crippen LogP contribution in [0.1, 0.15) is 24.1 Å². The molecule has 0 aliphatic heterocycles. The fourth-order valence-electron chi connectivity index (χ4n) is 1.93. The minimum absolute atomic E-state index is 0.372. The van der Waals surface area contributed by atoms with Gasteiger partial charge in [0.15, 0.2) is 0 Å². The molecule has 2 aromatic rings. The van der Waals surface area contributed by atoms with Gasteiger partial charge in [-0.1, -0.05) is 35.0 Å². The molecule has 0 saturated carbocycles. The maximum absolute atomic E-state index is 3.62. The Labute approximate surface area is 129 Å². The summed E-state index contributed by atoms with van der Waals surface area (Å²) in [6.45, 7) is 3.12. The molecular formula is C14H15Br2NS. The summed E-state index contributed by atoms with van der Waals surface area (Å²) >= 11 is 8.84. The highest BCUT2D eigenvalue weighted by Crippen LogP contribution is 2.29. The Morgan fingerprint density at radius 2 is 1.89 bits per heavy atom. The lowest BCUT2D eigenvalue weighted by molar-refractivity contribution is 0.549. The van der Waals surface area contributed by atoms with Gasteiger partial charge in [-0.3, -0.25) is 0 Å². The average molecular weight is 389 g/mol. The van der Waals surface area contributed by atoms with Gasteiger partial charge >= 0.3 is 0 Å². The van der Waals surface area contributed by atoms with Crippen LogP contribution >= 0.6 is 43.2 Å². The molecule has 0 saturated heterocycles. The van der Waals surface area contributed by atoms with Crippen LogP contribution in [0.2, 0.25) is 0 Å². The van der Waals surface area contributed by atoms with E-state index >= 15 is 0 Å². The standard InChI is InChI=1S/C14H15Br2NS/c1-2-17-14(12-8-18-9-13(12)16)7-10-3-5-11(15)6-4-10/h3-6,8-9,14,17H,2,7H2,1H3. The Balaban J connectivity index is 2.16. The molecule has 1 aromatic heterocycles. The first-order valence-electron chi connectivity index (χ1n) is 5.90. The summed E-state index contributed by atoms with van der Waals surface area (Å²) < 4.78 is 2.33. The molecule has 96 valence electrons. The summed E-state index contributed by atoms with van der Waals surface area (Å²) in [4.78, 5) is 0. The monoisotopic (exact) mass is 387 g/mol. The Morgan fingerprint density at radius 1 is 1.17 bits per heavy atom. The van der Waals surface area contributed by atoms with Gasteiger partial charge in [0.25, 0.3) is 0 Å². The molecular weight excluding hydrogens is 374 g/mol. The van der Waals surface area contributed by atoms with E-state index in [-0.39, 0.29) is 0 Å². The molecule has 0 radical (unpaired) electrons. The predicted molar refractivity (Wildman–Crippen MR) is 86.3 cm³/mol. The zero-order chi connectivity index (χ0) is 13.0. The summed E-state index contributed by atoms with van der Waals surface area (Å²) in [6, 6.07) is 8.92. The van der Waals surface area contributed by atoms with E-state index < -0.39 is 0 Å². The van der Waals surface area contributed by atoms with E-state index in [1.807, 2.05) is 0 Å². The average Bonchev–Trinajstić information content (AvgIpc) is 2.78. The van der Waals surface area contributed by atoms with Crippen LogP contribution in [0.3, 0.4) is 0 Å². The normalized spacial score (nSPS) is 12.6. The van der Waals surface area contributed by atoms with E-state index in [0.29, 0.717) is 6.04 Å². The van der Waals surface area contributed by atoms with Crippen molar-refractivity contribution in [3.05, 3.63) is 55.1 Å². The Bertz CT molecular complexity index is 493. The molecule has 1 N–H and O–H groups in total. The van der Waals surface area contributed by atoms with Crippen molar-refractivity contribution in [1.29, 1.82) is 0 Å². The van der Waals surface area contributed by atoms with E-state index in [9.17, 15) is 0 Å². The summed E-state index contributed by atoms with van der Waals surface area (Å²) in [6.07, 6.45) is 1.01. The number of rotatable bonds is 5. The first kappa shape index (κ1) is 14.3. The zero-order valence-electron chi connectivity index (χ0n) is 10.1. The van der Waals surface area contributed by atoms with Crippen LogP contribution in [-0.4, -0.2) is 6.54 Å². The van der Waals surface area contributed by atoms with Crippen LogP contribution in [-0.2, 0) is 6.42 Å². The lowest BCUT2D eigenvalue weighted by Crippen LogP contribution is -2.22. The zero-order valence-corrected chi connectivity index (χ0v) is 14.1. The molecule has 4 heteroatoms. The van der Waals surface area contributed by atoms with Crippen molar-refractivity contribution in [3.8, 4) is 0 Å². The Kier molecular flexibility index (Phi) is 5.42. The quantitative estimate of drug-likeness (QED) is 0.745. The van der Waals surface area contributed by atoms with Gasteiger partial charge in [0.2, 0.25) is 0 Å². The first-order chi connectivity index (χ1) is 8.70. The SMILES string of the molecule is CCNC(Cc1ccc(Br)cc1)c1cscc1Br. The maximum Gasteiger partial charge on any atom is 0.0380 e. The molecule has 18 heavy (non-hydrogen) atoms. The highest BCUT2D eigenvalue weighted by atomic mass is 79.9. The second-order valence-corrected chi connectivity index (χ2v) is 6.63. The molecule has 1 atom stereocenters. The molecule has 1 aromatic carbocycles. The van der Waals surface area contributed by atoms with E-state index in [4.69, 9.17) is 0 Å². The lowest BCUT2D eigenvalue weighted by atomic mass is 10.0. The number of thiophene rings is 1. The smallest absolute Gasteiger partial charge is 0.0380 e. The van der Waals surface area contributed by atoms with Gasteiger partial charge in [-0.05, 0) is 57.5 Å². The van der Waals surface area contributed by atoms with E-state index in [1.165, 1.54) is 15.6 Å². The number of nitrogens with one attached hydrogen (secondary N) is 1. The van der Waals surface area contributed by atoms with Gasteiger partial charge < -0.3 is 5.32 Å². The number of likely N-dealkylation sites (N-methyl/N-ethyl adjacent to an activating group) is 1. The van der Waals surface area contributed by atoms with E-state index in [1.54, 1.807) is 11.3 Å². The molecule has 1 unspecified atom stereocenters. The third kappa shape index (κ3) is 3.67. The van der Waals surface area contributed by atoms with Crippen LogP contribution in [0.4, 0.5) is 0 Å². The number of benzene rings is 1. The largest absolute Gasteiger partial charge is 0.310 e. The predicted octanol–water partition coefficient (Wildman–Crippen LogP) is 5.17. The van der Waals surface area contributed by atoms with Gasteiger partial charge in [-0.25, -0.2) is 0 Å². The topological polar surface area (TPSA) is 12.0 Å². The molecule has 0 spiro atoms. The van der Waals surface area contributed by atoms with Gasteiger partial charge in [-0.15, -0.1) is 0 Å². The Hall–Kier alpha value is -0.160. The van der Waals surface area contributed by atoms with Crippen molar-refractivity contribution >= 4 is 43.2 Å². The molecule has 1 heterocycles. The van der Waals surface area contributed by atoms with Crippen molar-refractivity contribution < 1.29 is 0 Å². The van der Waals surface area contributed by atoms with Crippen LogP contribution in [0, 0.1) is 0 Å². The van der Waals surface area contributed by atoms with Crippen molar-refractivity contribution in [2.45, 2.75) is 19.4 Å². The van der Waals surface area contributed by atoms with Crippen molar-refractivity contribution in [3.63, 3.8) is 0 Å². The molecule has 0 aliphatic rings. The van der Waals surface area contributed by atoms with Crippen molar-refractivity contribution in [2.24, 2.45) is 0 Å². The van der Waals surface area contributed by atoms with Gasteiger partial charge in [0.05, 0.1) is 0 Å². The molecule has 0 fully saturated rings. The molecule has 2 rings (SSSR count). The molecule has 0 amide bonds. The molecule has 1 nitrogen and oxygen atoms in total. The second-order valence-electron chi connectivity index (χ2n) is 4.12. The number of hydrogen-bond donors (Lipinski definition) is 1. The second kappa shape index (κ2) is 6.85. The fraction of sp³-hybridized carbons (Fsp3) is 0.286. The first-order valence-corrected chi connectivity index (χ1v) is 8.43. The summed E-state index contributed by atoms with van der Waals surface area (Å²) in [5.74, 6) is 0. The van der Waals surface area contributed by atoms with E-state index in [0.717, 1.165) is 17.4 Å². The van der Waals surface area contributed by atoms with Gasteiger partial charge in [0, 0.05) is 20.4 Å². The van der Waals surface area contributed by atoms with Crippen molar-refractivity contribution in [1.82, 2.24) is 5.32 Å². The third-order valence-electron chi connectivity index (χ3n) is 2.82. The van der Waals surface area contributed by atoms with Gasteiger partial charge in [-0.2, -0.15) is 11.3 Å². The summed E-state index contributed by atoms with van der Waals surface area (Å²) in [5.41, 5.74) is 2.70. The minimum Gasteiger partial charge on any atom is -0.310 e. The minimum atomic E-state index is 0.372. The highest BCUT2D eigenvalue weighted by molar-refractivity contribution is 9.10. The lowest BCUT2D eigenvalue weighted by Gasteiger charge is -2.18. The van der Waals surface area contributed by atoms with Crippen LogP contribution in [0.5, 0.6) is 0 Å². The summed E-state index contributed by atoms with van der Waals surface area (Å²) in [5, 5.41) is 7.91. The van der Waals surface area contributed by atoms with Crippen LogP contribution < -0.4 is 5.32 Å². The van der Waals surface area contributed by atoms with E-state index in [2.05, 4.69) is 79.1 Å². The Morgan fingerprint density at radius 3 is 2.44 bits per heavy atom. The highest BCUT2D eigenvalue weighted by Gasteiger charge is 2.14. The molecule has 0 bridgehead atoms. The summed E-state index contributed by atoms with van der Waals surface area (Å²) in [7, 11) is 0. The van der Waals surface area contributed by atoms with Gasteiger partial charge in [0.1, 0.15) is 0 Å².